The molecule has 1 N–H and O–H groups in total. The van der Waals surface area contributed by atoms with Crippen LogP contribution in [-0.2, 0) is 0 Å². The van der Waals surface area contributed by atoms with E-state index in [1.54, 1.807) is 12.2 Å². The molecule has 11 heavy (non-hydrogen) atoms. The Hall–Kier alpha value is -1.24. The van der Waals surface area contributed by atoms with Crippen LogP contribution in [0.5, 0.6) is 0 Å². The lowest BCUT2D eigenvalue weighted by atomic mass is 10.3. The zero-order valence-corrected chi connectivity index (χ0v) is 7.22. The van der Waals surface area contributed by atoms with Crippen LogP contribution in [0.25, 0.3) is 0 Å². The van der Waals surface area contributed by atoms with E-state index in [2.05, 4.69) is 18.5 Å². The molecule has 0 aromatic rings. The average molecular weight is 149 g/mol. The molecule has 0 bridgehead atoms. The summed E-state index contributed by atoms with van der Waals surface area (Å²) in [4.78, 5) is 0. The van der Waals surface area contributed by atoms with E-state index in [1.165, 1.54) is 0 Å². The fraction of sp³-hybridized carbons (Fsp3) is 0.200. The predicted octanol–water partition coefficient (Wildman–Crippen LogP) is 2.76. The summed E-state index contributed by atoms with van der Waals surface area (Å²) >= 11 is 0. The second-order valence-corrected chi connectivity index (χ2v) is 2.16. The van der Waals surface area contributed by atoms with E-state index in [1.807, 2.05) is 26.0 Å². The summed E-state index contributed by atoms with van der Waals surface area (Å²) in [5.41, 5.74) is 2.08. The Kier molecular flexibility index (Phi) is 4.91. The zero-order chi connectivity index (χ0) is 8.69. The highest BCUT2D eigenvalue weighted by Crippen LogP contribution is 1.95. The van der Waals surface area contributed by atoms with Gasteiger partial charge >= 0.3 is 0 Å². The maximum atomic E-state index is 3.66. The van der Waals surface area contributed by atoms with Crippen LogP contribution in [0.2, 0.25) is 0 Å². The molecule has 0 aliphatic rings. The largest absolute Gasteiger partial charge is 0.359 e. The van der Waals surface area contributed by atoms with Gasteiger partial charge in [0.05, 0.1) is 0 Å². The van der Waals surface area contributed by atoms with Gasteiger partial charge in [-0.1, -0.05) is 25.3 Å². The molecule has 60 valence electrons. The molecule has 0 fully saturated rings. The zero-order valence-electron chi connectivity index (χ0n) is 7.22. The number of allylic oxidation sites excluding steroid dienone is 5. The summed E-state index contributed by atoms with van der Waals surface area (Å²) in [7, 11) is 0. The Bertz CT molecular complexity index is 197. The van der Waals surface area contributed by atoms with E-state index in [9.17, 15) is 0 Å². The van der Waals surface area contributed by atoms with E-state index in [4.69, 9.17) is 0 Å². The van der Waals surface area contributed by atoms with Crippen LogP contribution in [0.1, 0.15) is 13.8 Å². The maximum absolute atomic E-state index is 3.66. The molecule has 0 saturated carbocycles. The third-order valence-corrected chi connectivity index (χ3v) is 1.29. The summed E-state index contributed by atoms with van der Waals surface area (Å²) in [5.74, 6) is 0. The van der Waals surface area contributed by atoms with Gasteiger partial charge < -0.3 is 5.32 Å². The van der Waals surface area contributed by atoms with Gasteiger partial charge in [-0.25, -0.2) is 0 Å². The first kappa shape index (κ1) is 9.76. The fourth-order valence-corrected chi connectivity index (χ4v) is 0.588. The topological polar surface area (TPSA) is 12.0 Å². The molecule has 1 heteroatoms. The summed E-state index contributed by atoms with van der Waals surface area (Å²) in [6.07, 6.45) is 7.36. The minimum absolute atomic E-state index is 0.968. The molecule has 0 heterocycles. The van der Waals surface area contributed by atoms with Crippen LogP contribution in [0.4, 0.5) is 0 Å². The summed E-state index contributed by atoms with van der Waals surface area (Å²) < 4.78 is 0. The monoisotopic (exact) mass is 149 g/mol. The number of hydrogen-bond acceptors (Lipinski definition) is 1. The second-order valence-electron chi connectivity index (χ2n) is 2.16. The van der Waals surface area contributed by atoms with Crippen LogP contribution < -0.4 is 5.32 Å². The standard InChI is InChI=1S/C10H15N/c1-5-8-10(7-3)11-9(4)6-2/h5-8,11H,1,3H2,2,4H3/b9-6+,10-8+. The third-order valence-electron chi connectivity index (χ3n) is 1.29. The van der Waals surface area contributed by atoms with Crippen LogP contribution in [-0.4, -0.2) is 0 Å². The number of rotatable bonds is 4. The second kappa shape index (κ2) is 5.54. The van der Waals surface area contributed by atoms with Crippen molar-refractivity contribution in [3.05, 3.63) is 48.9 Å². The minimum Gasteiger partial charge on any atom is -0.359 e. The smallest absolute Gasteiger partial charge is 0.0375 e. The van der Waals surface area contributed by atoms with Crippen molar-refractivity contribution in [2.45, 2.75) is 13.8 Å². The Morgan fingerprint density at radius 3 is 2.36 bits per heavy atom. The lowest BCUT2D eigenvalue weighted by Crippen LogP contribution is -2.07. The molecule has 0 amide bonds. The van der Waals surface area contributed by atoms with Crippen molar-refractivity contribution in [3.63, 3.8) is 0 Å². The van der Waals surface area contributed by atoms with Crippen molar-refractivity contribution in [1.29, 1.82) is 0 Å². The molecular weight excluding hydrogens is 134 g/mol. The molecule has 0 atom stereocenters. The normalized spacial score (nSPS) is 12.5. The fourth-order valence-electron chi connectivity index (χ4n) is 0.588. The lowest BCUT2D eigenvalue weighted by molar-refractivity contribution is 0.999. The van der Waals surface area contributed by atoms with E-state index in [-0.39, 0.29) is 0 Å². The molecule has 0 unspecified atom stereocenters. The molecule has 0 aliphatic carbocycles. The van der Waals surface area contributed by atoms with Gasteiger partial charge in [0.1, 0.15) is 0 Å². The highest BCUT2D eigenvalue weighted by Gasteiger charge is 1.87. The predicted molar refractivity (Wildman–Crippen MR) is 51.0 cm³/mol. The van der Waals surface area contributed by atoms with Gasteiger partial charge in [0.25, 0.3) is 0 Å². The van der Waals surface area contributed by atoms with Crippen molar-refractivity contribution in [2.24, 2.45) is 0 Å². The maximum Gasteiger partial charge on any atom is 0.0375 e. The van der Waals surface area contributed by atoms with Gasteiger partial charge in [-0.3, -0.25) is 0 Å². The van der Waals surface area contributed by atoms with E-state index < -0.39 is 0 Å². The van der Waals surface area contributed by atoms with Gasteiger partial charge in [0.15, 0.2) is 0 Å². The first-order valence-electron chi connectivity index (χ1n) is 3.59. The van der Waals surface area contributed by atoms with E-state index in [0.29, 0.717) is 0 Å². The Morgan fingerprint density at radius 2 is 2.00 bits per heavy atom. The van der Waals surface area contributed by atoms with Gasteiger partial charge in [0, 0.05) is 11.4 Å². The van der Waals surface area contributed by atoms with Crippen LogP contribution >= 0.6 is 0 Å². The van der Waals surface area contributed by atoms with Gasteiger partial charge in [-0.05, 0) is 26.0 Å². The highest BCUT2D eigenvalue weighted by molar-refractivity contribution is 5.22. The molecule has 0 aromatic carbocycles. The molecule has 1 nitrogen and oxygen atoms in total. The van der Waals surface area contributed by atoms with Gasteiger partial charge in [-0.15, -0.1) is 0 Å². The third kappa shape index (κ3) is 4.20. The summed E-state index contributed by atoms with van der Waals surface area (Å²) in [6.45, 7) is 11.2. The first-order chi connectivity index (χ1) is 5.24. The van der Waals surface area contributed by atoms with Crippen LogP contribution in [0.15, 0.2) is 48.9 Å². The van der Waals surface area contributed by atoms with Crippen molar-refractivity contribution in [1.82, 2.24) is 5.32 Å². The molecule has 0 saturated heterocycles. The van der Waals surface area contributed by atoms with Crippen molar-refractivity contribution >= 4 is 0 Å². The van der Waals surface area contributed by atoms with E-state index >= 15 is 0 Å². The molecule has 0 rings (SSSR count). The lowest BCUT2D eigenvalue weighted by Gasteiger charge is -2.04. The highest BCUT2D eigenvalue weighted by atomic mass is 14.9. The molecule has 0 aromatic heterocycles. The van der Waals surface area contributed by atoms with E-state index in [0.717, 1.165) is 11.4 Å². The molecular formula is C10H15N. The first-order valence-corrected chi connectivity index (χ1v) is 3.59. The van der Waals surface area contributed by atoms with Crippen molar-refractivity contribution in [2.75, 3.05) is 0 Å². The van der Waals surface area contributed by atoms with Crippen molar-refractivity contribution < 1.29 is 0 Å². The summed E-state index contributed by atoms with van der Waals surface area (Å²) in [5, 5.41) is 3.15. The molecule has 0 aliphatic heterocycles. The van der Waals surface area contributed by atoms with Gasteiger partial charge in [0.2, 0.25) is 0 Å². The molecule has 0 radical (unpaired) electrons. The Balaban J connectivity index is 4.20. The minimum atomic E-state index is 0.968. The number of nitrogens with one attached hydrogen (secondary N) is 1. The number of hydrogen-bond donors (Lipinski definition) is 1. The average Bonchev–Trinajstić information content (AvgIpc) is 2.03. The SMILES string of the molecule is C=C/C=C(\C=C)N/C(C)=C/C. The van der Waals surface area contributed by atoms with Gasteiger partial charge in [-0.2, -0.15) is 0 Å². The molecule has 0 spiro atoms. The van der Waals surface area contributed by atoms with Crippen LogP contribution in [0, 0.1) is 0 Å². The Labute approximate surface area is 68.8 Å². The Morgan fingerprint density at radius 1 is 1.36 bits per heavy atom. The quantitative estimate of drug-likeness (QED) is 0.606. The van der Waals surface area contributed by atoms with Crippen molar-refractivity contribution in [3.8, 4) is 0 Å². The van der Waals surface area contributed by atoms with Crippen LogP contribution in [0.3, 0.4) is 0 Å². The summed E-state index contributed by atoms with van der Waals surface area (Å²) in [6, 6.07) is 0.